The van der Waals surface area contributed by atoms with Crippen molar-refractivity contribution in [2.45, 2.75) is 32.2 Å². The second-order valence-corrected chi connectivity index (χ2v) is 5.07. The van der Waals surface area contributed by atoms with Gasteiger partial charge in [-0.05, 0) is 44.0 Å². The van der Waals surface area contributed by atoms with Gasteiger partial charge < -0.3 is 15.3 Å². The van der Waals surface area contributed by atoms with Crippen molar-refractivity contribution in [2.75, 3.05) is 19.6 Å². The van der Waals surface area contributed by atoms with E-state index in [1.807, 2.05) is 17.9 Å². The topological polar surface area (TPSA) is 52.6 Å². The summed E-state index contributed by atoms with van der Waals surface area (Å²) in [6.07, 6.45) is 2.70. The highest BCUT2D eigenvalue weighted by atomic mass is 16.3. The van der Waals surface area contributed by atoms with Crippen molar-refractivity contribution in [3.05, 3.63) is 29.8 Å². The van der Waals surface area contributed by atoms with Gasteiger partial charge in [-0.25, -0.2) is 0 Å². The van der Waals surface area contributed by atoms with Gasteiger partial charge in [-0.15, -0.1) is 0 Å². The molecule has 0 radical (unpaired) electrons. The first-order chi connectivity index (χ1) is 9.19. The molecular formula is C15H22N2O2. The van der Waals surface area contributed by atoms with Crippen molar-refractivity contribution >= 4 is 5.91 Å². The maximum Gasteiger partial charge on any atom is 0.227 e. The monoisotopic (exact) mass is 262 g/mol. The Kier molecular flexibility index (Phi) is 4.80. The Balaban J connectivity index is 1.92. The SMILES string of the molecule is CCN(CC1CCCN1)C(=O)Cc1cccc(O)c1. The molecule has 1 aliphatic heterocycles. The van der Waals surface area contributed by atoms with Crippen molar-refractivity contribution in [1.82, 2.24) is 10.2 Å². The van der Waals surface area contributed by atoms with Crippen molar-refractivity contribution in [2.24, 2.45) is 0 Å². The molecule has 1 aliphatic rings. The number of nitrogens with one attached hydrogen (secondary N) is 1. The molecule has 1 amide bonds. The Morgan fingerprint density at radius 3 is 3.00 bits per heavy atom. The second-order valence-electron chi connectivity index (χ2n) is 5.07. The Morgan fingerprint density at radius 1 is 1.53 bits per heavy atom. The molecule has 19 heavy (non-hydrogen) atoms. The molecule has 1 atom stereocenters. The van der Waals surface area contributed by atoms with Gasteiger partial charge in [-0.2, -0.15) is 0 Å². The third-order valence-electron chi connectivity index (χ3n) is 3.60. The van der Waals surface area contributed by atoms with Crippen LogP contribution >= 0.6 is 0 Å². The Bertz CT molecular complexity index is 428. The van der Waals surface area contributed by atoms with Gasteiger partial charge in [0.25, 0.3) is 0 Å². The van der Waals surface area contributed by atoms with Crippen molar-refractivity contribution in [1.29, 1.82) is 0 Å². The number of carbonyl (C=O) groups is 1. The van der Waals surface area contributed by atoms with E-state index in [2.05, 4.69) is 5.32 Å². The number of hydrogen-bond donors (Lipinski definition) is 2. The van der Waals surface area contributed by atoms with Crippen LogP contribution in [-0.4, -0.2) is 41.6 Å². The van der Waals surface area contributed by atoms with Crippen LogP contribution in [0.25, 0.3) is 0 Å². The molecule has 0 aromatic heterocycles. The van der Waals surface area contributed by atoms with Gasteiger partial charge in [0.15, 0.2) is 0 Å². The van der Waals surface area contributed by atoms with E-state index in [1.54, 1.807) is 18.2 Å². The lowest BCUT2D eigenvalue weighted by molar-refractivity contribution is -0.130. The van der Waals surface area contributed by atoms with E-state index in [1.165, 1.54) is 6.42 Å². The molecule has 1 aromatic carbocycles. The molecule has 1 fully saturated rings. The molecule has 4 heteroatoms. The lowest BCUT2D eigenvalue weighted by Gasteiger charge is -2.24. The van der Waals surface area contributed by atoms with Crippen LogP contribution in [0.15, 0.2) is 24.3 Å². The Morgan fingerprint density at radius 2 is 2.37 bits per heavy atom. The van der Waals surface area contributed by atoms with E-state index in [0.717, 1.165) is 31.6 Å². The van der Waals surface area contributed by atoms with Gasteiger partial charge in [0.1, 0.15) is 5.75 Å². The molecule has 2 N–H and O–H groups in total. The molecule has 0 spiro atoms. The van der Waals surface area contributed by atoms with Crippen molar-refractivity contribution in [3.63, 3.8) is 0 Å². The number of rotatable bonds is 5. The van der Waals surface area contributed by atoms with Crippen LogP contribution in [0.1, 0.15) is 25.3 Å². The molecule has 0 aliphatic carbocycles. The molecule has 104 valence electrons. The summed E-state index contributed by atoms with van der Waals surface area (Å²) >= 11 is 0. The molecule has 4 nitrogen and oxygen atoms in total. The number of amides is 1. The maximum atomic E-state index is 12.3. The Labute approximate surface area is 114 Å². The van der Waals surface area contributed by atoms with E-state index in [-0.39, 0.29) is 11.7 Å². The standard InChI is InChI=1S/C15H22N2O2/c1-2-17(11-13-6-4-8-16-13)15(19)10-12-5-3-7-14(18)9-12/h3,5,7,9,13,16,18H,2,4,6,8,10-11H2,1H3. The van der Waals surface area contributed by atoms with Crippen LogP contribution in [0.4, 0.5) is 0 Å². The zero-order valence-electron chi connectivity index (χ0n) is 11.4. The summed E-state index contributed by atoms with van der Waals surface area (Å²) in [7, 11) is 0. The smallest absolute Gasteiger partial charge is 0.227 e. The lowest BCUT2D eigenvalue weighted by Crippen LogP contribution is -2.41. The van der Waals surface area contributed by atoms with Gasteiger partial charge in [0.05, 0.1) is 6.42 Å². The zero-order chi connectivity index (χ0) is 13.7. The predicted octanol–water partition coefficient (Wildman–Crippen LogP) is 1.54. The first-order valence-corrected chi connectivity index (χ1v) is 6.98. The summed E-state index contributed by atoms with van der Waals surface area (Å²) in [5, 5.41) is 12.8. The molecule has 2 rings (SSSR count). The fourth-order valence-electron chi connectivity index (χ4n) is 2.54. The third-order valence-corrected chi connectivity index (χ3v) is 3.60. The van der Waals surface area contributed by atoms with Crippen LogP contribution in [-0.2, 0) is 11.2 Å². The van der Waals surface area contributed by atoms with E-state index in [4.69, 9.17) is 0 Å². The zero-order valence-corrected chi connectivity index (χ0v) is 11.4. The largest absolute Gasteiger partial charge is 0.508 e. The van der Waals surface area contributed by atoms with Crippen molar-refractivity contribution in [3.8, 4) is 5.75 Å². The molecule has 0 bridgehead atoms. The van der Waals surface area contributed by atoms with Crippen LogP contribution in [0.2, 0.25) is 0 Å². The van der Waals surface area contributed by atoms with Gasteiger partial charge in [0.2, 0.25) is 5.91 Å². The number of carbonyl (C=O) groups excluding carboxylic acids is 1. The number of aromatic hydroxyl groups is 1. The quantitative estimate of drug-likeness (QED) is 0.846. The van der Waals surface area contributed by atoms with E-state index in [9.17, 15) is 9.90 Å². The summed E-state index contributed by atoms with van der Waals surface area (Å²) in [5.74, 6) is 0.340. The van der Waals surface area contributed by atoms with Gasteiger partial charge in [-0.1, -0.05) is 12.1 Å². The minimum absolute atomic E-state index is 0.127. The van der Waals surface area contributed by atoms with E-state index >= 15 is 0 Å². The molecule has 1 aromatic rings. The number of nitrogens with zero attached hydrogens (tertiary/aromatic N) is 1. The van der Waals surface area contributed by atoms with Crippen molar-refractivity contribution < 1.29 is 9.90 Å². The molecule has 1 saturated heterocycles. The van der Waals surface area contributed by atoms with Gasteiger partial charge in [0, 0.05) is 19.1 Å². The van der Waals surface area contributed by atoms with Crippen LogP contribution in [0.3, 0.4) is 0 Å². The molecule has 1 heterocycles. The highest BCUT2D eigenvalue weighted by molar-refractivity contribution is 5.78. The first-order valence-electron chi connectivity index (χ1n) is 6.98. The highest BCUT2D eigenvalue weighted by Crippen LogP contribution is 2.13. The van der Waals surface area contributed by atoms with Crippen LogP contribution in [0.5, 0.6) is 5.75 Å². The summed E-state index contributed by atoms with van der Waals surface area (Å²) < 4.78 is 0. The molecule has 0 saturated carbocycles. The predicted molar refractivity (Wildman–Crippen MR) is 75.1 cm³/mol. The number of likely N-dealkylation sites (N-methyl/N-ethyl adjacent to an activating group) is 1. The fraction of sp³-hybridized carbons (Fsp3) is 0.533. The second kappa shape index (κ2) is 6.57. The maximum absolute atomic E-state index is 12.3. The summed E-state index contributed by atoms with van der Waals surface area (Å²) in [5.41, 5.74) is 0.864. The van der Waals surface area contributed by atoms with Crippen LogP contribution in [0, 0.1) is 0 Å². The number of phenolic OH excluding ortho intramolecular Hbond substituents is 1. The normalized spacial score (nSPS) is 18.5. The highest BCUT2D eigenvalue weighted by Gasteiger charge is 2.20. The lowest BCUT2D eigenvalue weighted by atomic mass is 10.1. The minimum Gasteiger partial charge on any atom is -0.508 e. The summed E-state index contributed by atoms with van der Waals surface area (Å²) in [6, 6.07) is 7.35. The minimum atomic E-state index is 0.127. The third kappa shape index (κ3) is 3.96. The summed E-state index contributed by atoms with van der Waals surface area (Å²) in [6.45, 7) is 4.59. The Hall–Kier alpha value is -1.55. The van der Waals surface area contributed by atoms with E-state index in [0.29, 0.717) is 12.5 Å². The van der Waals surface area contributed by atoms with E-state index < -0.39 is 0 Å². The van der Waals surface area contributed by atoms with Crippen LogP contribution < -0.4 is 5.32 Å². The number of benzene rings is 1. The first kappa shape index (κ1) is 13.9. The number of phenols is 1. The fourth-order valence-corrected chi connectivity index (χ4v) is 2.54. The average Bonchev–Trinajstić information content (AvgIpc) is 2.88. The molecular weight excluding hydrogens is 240 g/mol. The number of hydrogen-bond acceptors (Lipinski definition) is 3. The average molecular weight is 262 g/mol. The molecule has 1 unspecified atom stereocenters. The van der Waals surface area contributed by atoms with Gasteiger partial charge in [-0.3, -0.25) is 4.79 Å². The van der Waals surface area contributed by atoms with Gasteiger partial charge >= 0.3 is 0 Å². The summed E-state index contributed by atoms with van der Waals surface area (Å²) in [4.78, 5) is 14.2.